The van der Waals surface area contributed by atoms with Crippen LogP contribution in [0.2, 0.25) is 0 Å². The lowest BCUT2D eigenvalue weighted by molar-refractivity contribution is 0.101. The highest BCUT2D eigenvalue weighted by atomic mass is 19.3. The molecule has 0 bridgehead atoms. The SMILES string of the molecule is CCn1cnnc1-c1cccc(NC(=O)c2cn(-c3cnccn3)nc2C(F)F)n1. The molecule has 10 nitrogen and oxygen atoms in total. The molecule has 0 unspecified atom stereocenters. The first-order valence-corrected chi connectivity index (χ1v) is 8.87. The van der Waals surface area contributed by atoms with Crippen molar-refractivity contribution in [1.29, 1.82) is 0 Å². The predicted molar refractivity (Wildman–Crippen MR) is 101 cm³/mol. The van der Waals surface area contributed by atoms with E-state index in [2.05, 4.69) is 35.6 Å². The zero-order chi connectivity index (χ0) is 21.1. The number of rotatable bonds is 6. The Hall–Kier alpha value is -4.09. The van der Waals surface area contributed by atoms with Crippen molar-refractivity contribution >= 4 is 11.7 Å². The van der Waals surface area contributed by atoms with E-state index in [1.54, 1.807) is 29.1 Å². The summed E-state index contributed by atoms with van der Waals surface area (Å²) in [5, 5.41) is 14.2. The van der Waals surface area contributed by atoms with Crippen molar-refractivity contribution in [2.75, 3.05) is 5.32 Å². The van der Waals surface area contributed by atoms with Gasteiger partial charge in [0.2, 0.25) is 0 Å². The van der Waals surface area contributed by atoms with Gasteiger partial charge in [-0.15, -0.1) is 10.2 Å². The molecule has 152 valence electrons. The van der Waals surface area contributed by atoms with Gasteiger partial charge in [-0.2, -0.15) is 5.10 Å². The van der Waals surface area contributed by atoms with Crippen LogP contribution in [0.3, 0.4) is 0 Å². The Morgan fingerprint density at radius 1 is 1.27 bits per heavy atom. The molecule has 1 amide bonds. The Morgan fingerprint density at radius 2 is 2.13 bits per heavy atom. The van der Waals surface area contributed by atoms with Gasteiger partial charge in [0, 0.05) is 25.1 Å². The maximum absolute atomic E-state index is 13.5. The van der Waals surface area contributed by atoms with Gasteiger partial charge >= 0.3 is 0 Å². The fourth-order valence-electron chi connectivity index (χ4n) is 2.75. The topological polar surface area (TPSA) is 116 Å². The number of nitrogens with one attached hydrogen (secondary N) is 1. The van der Waals surface area contributed by atoms with E-state index in [9.17, 15) is 13.6 Å². The number of carbonyl (C=O) groups is 1. The number of carbonyl (C=O) groups excluding carboxylic acids is 1. The molecule has 1 N–H and O–H groups in total. The highest BCUT2D eigenvalue weighted by Gasteiger charge is 2.24. The lowest BCUT2D eigenvalue weighted by Crippen LogP contribution is -2.14. The van der Waals surface area contributed by atoms with E-state index >= 15 is 0 Å². The third-order valence-corrected chi connectivity index (χ3v) is 4.15. The highest BCUT2D eigenvalue weighted by Crippen LogP contribution is 2.24. The van der Waals surface area contributed by atoms with Gasteiger partial charge in [0.1, 0.15) is 23.5 Å². The molecule has 0 fully saturated rings. The summed E-state index contributed by atoms with van der Waals surface area (Å²) in [6.45, 7) is 2.57. The van der Waals surface area contributed by atoms with E-state index in [1.165, 1.54) is 24.8 Å². The van der Waals surface area contributed by atoms with Gasteiger partial charge in [0.05, 0.1) is 11.8 Å². The number of amides is 1. The van der Waals surface area contributed by atoms with Crippen molar-refractivity contribution < 1.29 is 13.6 Å². The van der Waals surface area contributed by atoms with Crippen LogP contribution in [0.15, 0.2) is 49.3 Å². The number of hydrogen-bond acceptors (Lipinski definition) is 7. The summed E-state index contributed by atoms with van der Waals surface area (Å²) in [5.41, 5.74) is -0.476. The standard InChI is InChI=1S/C18H15F2N9O/c1-2-28-10-23-26-17(28)12-4-3-5-13(24-12)25-18(30)11-9-29(27-15(11)16(19)20)14-8-21-6-7-22-14/h3-10,16H,2H2,1H3,(H,24,25,30). The maximum Gasteiger partial charge on any atom is 0.282 e. The largest absolute Gasteiger partial charge is 0.313 e. The van der Waals surface area contributed by atoms with Crippen molar-refractivity contribution in [3.63, 3.8) is 0 Å². The molecule has 0 saturated carbocycles. The Morgan fingerprint density at radius 3 is 2.87 bits per heavy atom. The minimum atomic E-state index is -2.95. The van der Waals surface area contributed by atoms with E-state index in [-0.39, 0.29) is 17.2 Å². The summed E-state index contributed by atoms with van der Waals surface area (Å²) >= 11 is 0. The van der Waals surface area contributed by atoms with Gasteiger partial charge in [0.15, 0.2) is 11.6 Å². The van der Waals surface area contributed by atoms with Gasteiger partial charge < -0.3 is 9.88 Å². The molecule has 0 aromatic carbocycles. The summed E-state index contributed by atoms with van der Waals surface area (Å²) in [7, 11) is 0. The minimum absolute atomic E-state index is 0.177. The van der Waals surface area contributed by atoms with Crippen LogP contribution in [0.1, 0.15) is 29.4 Å². The predicted octanol–water partition coefficient (Wildman–Crippen LogP) is 2.53. The third kappa shape index (κ3) is 3.74. The smallest absolute Gasteiger partial charge is 0.282 e. The zero-order valence-corrected chi connectivity index (χ0v) is 15.6. The number of nitrogens with zero attached hydrogens (tertiary/aromatic N) is 8. The van der Waals surface area contributed by atoms with Gasteiger partial charge in [0.25, 0.3) is 12.3 Å². The second kappa shape index (κ2) is 8.11. The van der Waals surface area contributed by atoms with Crippen LogP contribution in [-0.2, 0) is 6.54 Å². The minimum Gasteiger partial charge on any atom is -0.313 e. The molecule has 4 aromatic heterocycles. The van der Waals surface area contributed by atoms with Crippen LogP contribution in [0.4, 0.5) is 14.6 Å². The summed E-state index contributed by atoms with van der Waals surface area (Å²) in [6, 6.07) is 4.93. The van der Waals surface area contributed by atoms with E-state index in [0.717, 1.165) is 4.68 Å². The van der Waals surface area contributed by atoms with Crippen molar-refractivity contribution in [3.8, 4) is 17.3 Å². The molecule has 30 heavy (non-hydrogen) atoms. The molecular formula is C18H15F2N9O. The third-order valence-electron chi connectivity index (χ3n) is 4.15. The van der Waals surface area contributed by atoms with Crippen molar-refractivity contribution in [2.24, 2.45) is 0 Å². The number of aryl methyl sites for hydroxylation is 1. The van der Waals surface area contributed by atoms with Gasteiger partial charge in [-0.05, 0) is 19.1 Å². The number of hydrogen-bond donors (Lipinski definition) is 1. The lowest BCUT2D eigenvalue weighted by atomic mass is 10.2. The molecule has 0 atom stereocenters. The molecule has 0 aliphatic carbocycles. The van der Waals surface area contributed by atoms with Crippen LogP contribution < -0.4 is 5.32 Å². The molecule has 0 aliphatic rings. The van der Waals surface area contributed by atoms with Gasteiger partial charge in [-0.3, -0.25) is 9.78 Å². The van der Waals surface area contributed by atoms with Gasteiger partial charge in [-0.1, -0.05) is 6.07 Å². The Kier molecular flexibility index (Phi) is 5.20. The quantitative estimate of drug-likeness (QED) is 0.518. The van der Waals surface area contributed by atoms with Crippen molar-refractivity contribution in [1.82, 2.24) is 39.5 Å². The molecule has 4 aromatic rings. The number of pyridine rings is 1. The summed E-state index contributed by atoms with van der Waals surface area (Å²) < 4.78 is 29.8. The number of halogens is 2. The van der Waals surface area contributed by atoms with E-state index < -0.39 is 18.0 Å². The summed E-state index contributed by atoms with van der Waals surface area (Å²) in [4.78, 5) is 24.9. The molecule has 4 rings (SSSR count). The first-order chi connectivity index (χ1) is 14.6. The zero-order valence-electron chi connectivity index (χ0n) is 15.6. The lowest BCUT2D eigenvalue weighted by Gasteiger charge is -2.07. The van der Waals surface area contributed by atoms with Crippen LogP contribution in [0.5, 0.6) is 0 Å². The highest BCUT2D eigenvalue weighted by molar-refractivity contribution is 6.04. The number of alkyl halides is 2. The fraction of sp³-hybridized carbons (Fsp3) is 0.167. The number of aromatic nitrogens is 8. The second-order valence-electron chi connectivity index (χ2n) is 6.04. The van der Waals surface area contributed by atoms with E-state index in [4.69, 9.17) is 0 Å². The molecular weight excluding hydrogens is 396 g/mol. The average Bonchev–Trinajstić information content (AvgIpc) is 3.42. The average molecular weight is 411 g/mol. The van der Waals surface area contributed by atoms with Crippen LogP contribution in [-0.4, -0.2) is 45.4 Å². The van der Waals surface area contributed by atoms with E-state index in [0.29, 0.717) is 18.1 Å². The Balaban J connectivity index is 1.63. The monoisotopic (exact) mass is 411 g/mol. The van der Waals surface area contributed by atoms with Gasteiger partial charge in [-0.25, -0.2) is 23.4 Å². The van der Waals surface area contributed by atoms with Crippen LogP contribution >= 0.6 is 0 Å². The van der Waals surface area contributed by atoms with Crippen LogP contribution in [0, 0.1) is 0 Å². The molecule has 0 radical (unpaired) electrons. The van der Waals surface area contributed by atoms with Crippen molar-refractivity contribution in [2.45, 2.75) is 19.9 Å². The normalized spacial score (nSPS) is 11.1. The molecule has 0 saturated heterocycles. The first kappa shape index (κ1) is 19.2. The number of anilines is 1. The first-order valence-electron chi connectivity index (χ1n) is 8.87. The molecule has 12 heteroatoms. The summed E-state index contributed by atoms with van der Waals surface area (Å²) in [6.07, 6.45) is 3.97. The molecule has 0 aliphatic heterocycles. The second-order valence-corrected chi connectivity index (χ2v) is 6.04. The molecule has 4 heterocycles. The van der Waals surface area contributed by atoms with E-state index in [1.807, 2.05) is 6.92 Å². The Labute approximate surface area is 168 Å². The fourth-order valence-corrected chi connectivity index (χ4v) is 2.75. The summed E-state index contributed by atoms with van der Waals surface area (Å²) in [5.74, 6) is 0.132. The Bertz CT molecular complexity index is 1170. The van der Waals surface area contributed by atoms with Crippen molar-refractivity contribution in [3.05, 3.63) is 60.6 Å². The maximum atomic E-state index is 13.5. The van der Waals surface area contributed by atoms with Crippen LogP contribution in [0.25, 0.3) is 17.3 Å². The molecule has 0 spiro atoms.